The molecular formula is C28H38N6O2. The van der Waals surface area contributed by atoms with E-state index in [0.29, 0.717) is 12.5 Å². The maximum absolute atomic E-state index is 12.7. The van der Waals surface area contributed by atoms with E-state index >= 15 is 0 Å². The fourth-order valence-corrected chi connectivity index (χ4v) is 4.62. The van der Waals surface area contributed by atoms with E-state index in [-0.39, 0.29) is 17.9 Å². The molecule has 0 saturated carbocycles. The van der Waals surface area contributed by atoms with Crippen LogP contribution in [0.4, 0.5) is 17.3 Å². The summed E-state index contributed by atoms with van der Waals surface area (Å²) < 4.78 is 0. The Balaban J connectivity index is 1.56. The first-order chi connectivity index (χ1) is 16.9. The molecule has 3 aromatic rings. The summed E-state index contributed by atoms with van der Waals surface area (Å²) >= 11 is 0. The number of aromatic amines is 1. The highest BCUT2D eigenvalue weighted by atomic mass is 16.2. The minimum atomic E-state index is -0.425. The number of carbonyl (C=O) groups is 2. The smallest absolute Gasteiger partial charge is 0.244 e. The van der Waals surface area contributed by atoms with E-state index in [1.807, 2.05) is 60.0 Å². The topological polar surface area (TPSA) is 93.4 Å². The number of hydrogen-bond acceptors (Lipinski definition) is 5. The lowest BCUT2D eigenvalue weighted by atomic mass is 9.95. The number of benzene rings is 2. The van der Waals surface area contributed by atoms with Gasteiger partial charge in [0.1, 0.15) is 6.04 Å². The summed E-state index contributed by atoms with van der Waals surface area (Å²) in [5.41, 5.74) is 6.58. The van der Waals surface area contributed by atoms with Crippen LogP contribution < -0.4 is 15.5 Å². The average Bonchev–Trinajstić information content (AvgIpc) is 3.43. The molecule has 2 aromatic carbocycles. The molecule has 2 heterocycles. The van der Waals surface area contributed by atoms with Crippen LogP contribution in [0.3, 0.4) is 0 Å². The van der Waals surface area contributed by atoms with Gasteiger partial charge in [-0.3, -0.25) is 9.59 Å². The highest BCUT2D eigenvalue weighted by molar-refractivity contribution is 5.89. The lowest BCUT2D eigenvalue weighted by molar-refractivity contribution is -0.130. The van der Waals surface area contributed by atoms with Gasteiger partial charge in [0.2, 0.25) is 17.8 Å². The fraction of sp³-hybridized carbons (Fsp3) is 0.464. The molecule has 8 heteroatoms. The minimum absolute atomic E-state index is 0.0218. The lowest BCUT2D eigenvalue weighted by Crippen LogP contribution is -2.43. The van der Waals surface area contributed by atoms with E-state index in [2.05, 4.69) is 39.6 Å². The molecule has 0 aliphatic carbocycles. The van der Waals surface area contributed by atoms with Crippen molar-refractivity contribution < 1.29 is 9.59 Å². The molecule has 3 N–H and O–H groups in total. The number of nitrogens with one attached hydrogen (secondary N) is 3. The van der Waals surface area contributed by atoms with Crippen LogP contribution in [0.2, 0.25) is 0 Å². The van der Waals surface area contributed by atoms with Gasteiger partial charge in [-0.2, -0.15) is 0 Å². The van der Waals surface area contributed by atoms with Gasteiger partial charge in [-0.05, 0) is 61.6 Å². The fourth-order valence-electron chi connectivity index (χ4n) is 4.62. The third-order valence-corrected chi connectivity index (χ3v) is 6.78. The summed E-state index contributed by atoms with van der Waals surface area (Å²) in [4.78, 5) is 37.1. The Bertz CT molecular complexity index is 1290. The Kier molecular flexibility index (Phi) is 6.98. The molecule has 4 rings (SSSR count). The maximum atomic E-state index is 12.7. The van der Waals surface area contributed by atoms with Crippen molar-refractivity contribution in [3.05, 3.63) is 47.0 Å². The van der Waals surface area contributed by atoms with E-state index in [1.165, 1.54) is 0 Å². The molecule has 1 fully saturated rings. The number of carbonyl (C=O) groups excluding carboxylic acids is 2. The third-order valence-electron chi connectivity index (χ3n) is 6.78. The van der Waals surface area contributed by atoms with Crippen molar-refractivity contribution in [2.24, 2.45) is 5.41 Å². The molecule has 0 radical (unpaired) electrons. The zero-order valence-corrected chi connectivity index (χ0v) is 22.5. The van der Waals surface area contributed by atoms with Crippen LogP contribution in [-0.4, -0.2) is 53.4 Å². The van der Waals surface area contributed by atoms with Gasteiger partial charge in [0.15, 0.2) is 0 Å². The lowest BCUT2D eigenvalue weighted by Gasteiger charge is -2.29. The first-order valence-corrected chi connectivity index (χ1v) is 12.6. The summed E-state index contributed by atoms with van der Waals surface area (Å²) in [6.07, 6.45) is 1.87. The summed E-state index contributed by atoms with van der Waals surface area (Å²) in [6, 6.07) is 10.2. The second kappa shape index (κ2) is 9.84. The number of nitrogens with zero attached hydrogens (tertiary/aromatic N) is 3. The average molecular weight is 491 g/mol. The number of likely N-dealkylation sites (N-methyl/N-ethyl adjacent to an activating group) is 1. The number of aromatic nitrogens is 2. The summed E-state index contributed by atoms with van der Waals surface area (Å²) in [5.74, 6) is 0.821. The molecule has 1 unspecified atom stereocenters. The Morgan fingerprint density at radius 1 is 1.14 bits per heavy atom. The Morgan fingerprint density at radius 2 is 1.89 bits per heavy atom. The number of hydrogen-bond donors (Lipinski definition) is 3. The number of amides is 2. The molecule has 1 aromatic heterocycles. The van der Waals surface area contributed by atoms with E-state index in [9.17, 15) is 9.59 Å². The number of imidazole rings is 1. The second-order valence-corrected chi connectivity index (χ2v) is 11.0. The first kappa shape index (κ1) is 25.5. The van der Waals surface area contributed by atoms with Gasteiger partial charge >= 0.3 is 0 Å². The summed E-state index contributed by atoms with van der Waals surface area (Å²) in [6.45, 7) is 11.2. The normalized spacial score (nSPS) is 15.9. The number of anilines is 3. The van der Waals surface area contributed by atoms with Crippen molar-refractivity contribution >= 4 is 40.2 Å². The third kappa shape index (κ3) is 5.32. The molecule has 1 atom stereocenters. The Hall–Kier alpha value is -3.55. The molecule has 0 spiro atoms. The molecule has 1 aliphatic heterocycles. The second-order valence-electron chi connectivity index (χ2n) is 11.0. The van der Waals surface area contributed by atoms with E-state index in [1.54, 1.807) is 4.90 Å². The molecule has 0 bridgehead atoms. The highest BCUT2D eigenvalue weighted by Crippen LogP contribution is 2.33. The number of aryl methyl sites for hydroxylation is 2. The first-order valence-electron chi connectivity index (χ1n) is 12.6. The number of fused-ring (bicyclic) bond motifs is 1. The minimum Gasteiger partial charge on any atom is -0.359 e. The SMILES string of the molecule is Cc1ccc(CNC(=O)C(C)(C)C)cc1Nc1nc2cc(N3CCCC3C(=O)N(C)C)c(C)cc2[nH]1. The van der Waals surface area contributed by atoms with Gasteiger partial charge in [0, 0.05) is 44.0 Å². The van der Waals surface area contributed by atoms with Crippen molar-refractivity contribution in [2.75, 3.05) is 30.9 Å². The van der Waals surface area contributed by atoms with Gasteiger partial charge < -0.3 is 25.4 Å². The van der Waals surface area contributed by atoms with Crippen molar-refractivity contribution in [2.45, 2.75) is 60.0 Å². The van der Waals surface area contributed by atoms with Crippen LogP contribution >= 0.6 is 0 Å². The van der Waals surface area contributed by atoms with Crippen molar-refractivity contribution in [3.8, 4) is 0 Å². The van der Waals surface area contributed by atoms with Crippen molar-refractivity contribution in [1.29, 1.82) is 0 Å². The summed E-state index contributed by atoms with van der Waals surface area (Å²) in [5, 5.41) is 6.42. The number of H-pyrrole nitrogens is 1. The van der Waals surface area contributed by atoms with Gasteiger partial charge in [-0.15, -0.1) is 0 Å². The zero-order chi connectivity index (χ0) is 26.2. The predicted octanol–water partition coefficient (Wildman–Crippen LogP) is 4.64. The van der Waals surface area contributed by atoms with E-state index in [4.69, 9.17) is 4.98 Å². The Labute approximate surface area is 213 Å². The van der Waals surface area contributed by atoms with Crippen LogP contribution in [0.25, 0.3) is 11.0 Å². The van der Waals surface area contributed by atoms with Gasteiger partial charge in [-0.1, -0.05) is 32.9 Å². The Morgan fingerprint density at radius 3 is 2.58 bits per heavy atom. The molecule has 1 saturated heterocycles. The van der Waals surface area contributed by atoms with Gasteiger partial charge in [-0.25, -0.2) is 4.98 Å². The number of rotatable bonds is 6. The molecule has 2 amide bonds. The monoisotopic (exact) mass is 490 g/mol. The van der Waals surface area contributed by atoms with Gasteiger partial charge in [0.05, 0.1) is 11.0 Å². The van der Waals surface area contributed by atoms with Crippen molar-refractivity contribution in [1.82, 2.24) is 20.2 Å². The maximum Gasteiger partial charge on any atom is 0.244 e. The van der Waals surface area contributed by atoms with Crippen LogP contribution in [0.15, 0.2) is 30.3 Å². The van der Waals surface area contributed by atoms with Crippen LogP contribution in [-0.2, 0) is 16.1 Å². The zero-order valence-electron chi connectivity index (χ0n) is 22.5. The molecule has 8 nitrogen and oxygen atoms in total. The molecule has 1 aliphatic rings. The quantitative estimate of drug-likeness (QED) is 0.468. The van der Waals surface area contributed by atoms with E-state index < -0.39 is 5.41 Å². The molecule has 36 heavy (non-hydrogen) atoms. The summed E-state index contributed by atoms with van der Waals surface area (Å²) in [7, 11) is 3.63. The van der Waals surface area contributed by atoms with Gasteiger partial charge in [0.25, 0.3) is 0 Å². The van der Waals surface area contributed by atoms with Crippen LogP contribution in [0, 0.1) is 19.3 Å². The standard InChI is InChI=1S/C28H38N6O2/c1-17-10-11-19(16-29-26(36)28(3,4)5)14-20(17)30-27-31-21-13-18(2)24(15-22(21)32-27)34-12-8-9-23(34)25(35)33(6)7/h10-11,13-15,23H,8-9,12,16H2,1-7H3,(H,29,36)(H2,30,31,32). The van der Waals surface area contributed by atoms with Crippen LogP contribution in [0.1, 0.15) is 50.3 Å². The van der Waals surface area contributed by atoms with E-state index in [0.717, 1.165) is 58.5 Å². The largest absolute Gasteiger partial charge is 0.359 e. The molecule has 192 valence electrons. The van der Waals surface area contributed by atoms with Crippen molar-refractivity contribution in [3.63, 3.8) is 0 Å². The predicted molar refractivity (Wildman–Crippen MR) is 146 cm³/mol. The molecular weight excluding hydrogens is 452 g/mol. The van der Waals surface area contributed by atoms with Crippen LogP contribution in [0.5, 0.6) is 0 Å². The highest BCUT2D eigenvalue weighted by Gasteiger charge is 2.32.